The number of hydrogen-bond acceptors (Lipinski definition) is 3. The molecule has 0 bridgehead atoms. The predicted octanol–water partition coefficient (Wildman–Crippen LogP) is 3.44. The fourth-order valence-electron chi connectivity index (χ4n) is 2.55. The van der Waals surface area contributed by atoms with E-state index in [1.165, 1.54) is 0 Å². The number of amides is 2. The fraction of sp³-hybridized carbons (Fsp3) is 0.222. The zero-order valence-corrected chi connectivity index (χ0v) is 15.2. The Morgan fingerprint density at radius 1 is 1.21 bits per heavy atom. The molecule has 2 aromatic carbocycles. The predicted molar refractivity (Wildman–Crippen MR) is 101 cm³/mol. The number of carbonyl (C=O) groups is 2. The van der Waals surface area contributed by atoms with Crippen LogP contribution in [0.15, 0.2) is 48.5 Å². The average molecular weight is 436 g/mol. The molecule has 5 nitrogen and oxygen atoms in total. The molecule has 1 aliphatic rings. The quantitative estimate of drug-likeness (QED) is 0.731. The van der Waals surface area contributed by atoms with Gasteiger partial charge in [-0.15, -0.1) is 0 Å². The lowest BCUT2D eigenvalue weighted by atomic mass is 10.2. The third-order valence-electron chi connectivity index (χ3n) is 3.70. The SMILES string of the molecule is O=C(COc1cccc(I)c1)Nc1ccc(N2CCCC2=O)cc1. The van der Waals surface area contributed by atoms with E-state index in [-0.39, 0.29) is 18.4 Å². The van der Waals surface area contributed by atoms with E-state index < -0.39 is 0 Å². The minimum atomic E-state index is -0.223. The molecule has 6 heteroatoms. The molecule has 0 spiro atoms. The molecule has 2 aromatic rings. The molecule has 3 rings (SSSR count). The van der Waals surface area contributed by atoms with Crippen LogP contribution in [0.4, 0.5) is 11.4 Å². The summed E-state index contributed by atoms with van der Waals surface area (Å²) in [4.78, 5) is 25.5. The Kier molecular flexibility index (Phi) is 5.34. The molecule has 0 saturated carbocycles. The molecule has 1 N–H and O–H groups in total. The minimum absolute atomic E-state index is 0.0492. The normalized spacial score (nSPS) is 13.9. The number of anilines is 2. The van der Waals surface area contributed by atoms with Crippen molar-refractivity contribution in [3.8, 4) is 5.75 Å². The molecular weight excluding hydrogens is 419 g/mol. The van der Waals surface area contributed by atoms with Crippen molar-refractivity contribution < 1.29 is 14.3 Å². The smallest absolute Gasteiger partial charge is 0.262 e. The van der Waals surface area contributed by atoms with Crippen molar-refractivity contribution in [3.63, 3.8) is 0 Å². The molecule has 124 valence electrons. The highest BCUT2D eigenvalue weighted by molar-refractivity contribution is 14.1. The maximum absolute atomic E-state index is 12.0. The van der Waals surface area contributed by atoms with Gasteiger partial charge >= 0.3 is 0 Å². The lowest BCUT2D eigenvalue weighted by Gasteiger charge is -2.16. The number of ether oxygens (including phenoxy) is 1. The van der Waals surface area contributed by atoms with Crippen molar-refractivity contribution in [2.24, 2.45) is 0 Å². The number of hydrogen-bond donors (Lipinski definition) is 1. The highest BCUT2D eigenvalue weighted by Gasteiger charge is 2.21. The van der Waals surface area contributed by atoms with Crippen molar-refractivity contribution in [2.75, 3.05) is 23.4 Å². The van der Waals surface area contributed by atoms with Crippen LogP contribution in [0.5, 0.6) is 5.75 Å². The van der Waals surface area contributed by atoms with E-state index in [1.54, 1.807) is 17.0 Å². The summed E-state index contributed by atoms with van der Waals surface area (Å²) in [6.45, 7) is 0.709. The van der Waals surface area contributed by atoms with Crippen molar-refractivity contribution in [1.29, 1.82) is 0 Å². The fourth-order valence-corrected chi connectivity index (χ4v) is 3.06. The topological polar surface area (TPSA) is 58.6 Å². The summed E-state index contributed by atoms with van der Waals surface area (Å²) in [5, 5.41) is 2.79. The summed E-state index contributed by atoms with van der Waals surface area (Å²) < 4.78 is 6.52. The van der Waals surface area contributed by atoms with Crippen molar-refractivity contribution >= 4 is 45.8 Å². The van der Waals surface area contributed by atoms with Crippen LogP contribution in [-0.4, -0.2) is 25.0 Å². The zero-order chi connectivity index (χ0) is 16.9. The van der Waals surface area contributed by atoms with Crippen LogP contribution in [0, 0.1) is 3.57 Å². The van der Waals surface area contributed by atoms with Gasteiger partial charge in [-0.1, -0.05) is 6.07 Å². The average Bonchev–Trinajstić information content (AvgIpc) is 3.00. The van der Waals surface area contributed by atoms with Gasteiger partial charge in [0.2, 0.25) is 5.91 Å². The van der Waals surface area contributed by atoms with Crippen LogP contribution >= 0.6 is 22.6 Å². The van der Waals surface area contributed by atoms with Crippen LogP contribution in [0.25, 0.3) is 0 Å². The largest absolute Gasteiger partial charge is 0.484 e. The van der Waals surface area contributed by atoms with Gasteiger partial charge < -0.3 is 15.0 Å². The van der Waals surface area contributed by atoms with Gasteiger partial charge in [0.1, 0.15) is 5.75 Å². The second-order valence-electron chi connectivity index (χ2n) is 5.49. The summed E-state index contributed by atoms with van der Waals surface area (Å²) in [6.07, 6.45) is 1.50. The molecule has 0 unspecified atom stereocenters. The van der Waals surface area contributed by atoms with Crippen molar-refractivity contribution in [1.82, 2.24) is 0 Å². The van der Waals surface area contributed by atoms with Crippen molar-refractivity contribution in [2.45, 2.75) is 12.8 Å². The first-order chi connectivity index (χ1) is 11.6. The van der Waals surface area contributed by atoms with Crippen molar-refractivity contribution in [3.05, 3.63) is 52.1 Å². The Labute approximate surface area is 154 Å². The highest BCUT2D eigenvalue weighted by atomic mass is 127. The highest BCUT2D eigenvalue weighted by Crippen LogP contribution is 2.23. The maximum Gasteiger partial charge on any atom is 0.262 e. The summed E-state index contributed by atoms with van der Waals surface area (Å²) in [5.74, 6) is 0.594. The van der Waals surface area contributed by atoms with Crippen LogP contribution < -0.4 is 15.0 Å². The number of nitrogens with zero attached hydrogens (tertiary/aromatic N) is 1. The molecule has 1 heterocycles. The van der Waals surface area contributed by atoms with Gasteiger partial charge in [-0.25, -0.2) is 0 Å². The third-order valence-corrected chi connectivity index (χ3v) is 4.37. The van der Waals surface area contributed by atoms with Crippen LogP contribution in [0.3, 0.4) is 0 Å². The Balaban J connectivity index is 1.53. The summed E-state index contributed by atoms with van der Waals surface area (Å²) in [5.41, 5.74) is 1.55. The van der Waals surface area contributed by atoms with E-state index >= 15 is 0 Å². The van der Waals surface area contributed by atoms with E-state index in [0.717, 1.165) is 22.2 Å². The molecule has 0 aliphatic carbocycles. The molecular formula is C18H17IN2O3. The molecule has 1 fully saturated rings. The number of rotatable bonds is 5. The van der Waals surface area contributed by atoms with E-state index in [4.69, 9.17) is 4.74 Å². The minimum Gasteiger partial charge on any atom is -0.484 e. The van der Waals surface area contributed by atoms with Gasteiger partial charge in [0, 0.05) is 27.9 Å². The maximum atomic E-state index is 12.0. The summed E-state index contributed by atoms with van der Waals surface area (Å²) in [6, 6.07) is 14.8. The first-order valence-electron chi connectivity index (χ1n) is 7.70. The van der Waals surface area contributed by atoms with Gasteiger partial charge in [0.15, 0.2) is 6.61 Å². The summed E-state index contributed by atoms with van der Waals surface area (Å²) >= 11 is 2.19. The lowest BCUT2D eigenvalue weighted by Crippen LogP contribution is -2.23. The van der Waals surface area contributed by atoms with Gasteiger partial charge in [-0.05, 0) is 71.5 Å². The van der Waals surface area contributed by atoms with Crippen LogP contribution in [-0.2, 0) is 9.59 Å². The first-order valence-corrected chi connectivity index (χ1v) is 8.78. The molecule has 24 heavy (non-hydrogen) atoms. The second-order valence-corrected chi connectivity index (χ2v) is 6.74. The van der Waals surface area contributed by atoms with Gasteiger partial charge in [0.05, 0.1) is 0 Å². The van der Waals surface area contributed by atoms with Gasteiger partial charge in [-0.2, -0.15) is 0 Å². The Bertz CT molecular complexity index is 746. The monoisotopic (exact) mass is 436 g/mol. The van der Waals surface area contributed by atoms with Gasteiger partial charge in [-0.3, -0.25) is 9.59 Å². The van der Waals surface area contributed by atoms with E-state index in [9.17, 15) is 9.59 Å². The second kappa shape index (κ2) is 7.65. The molecule has 0 aromatic heterocycles. The number of carbonyl (C=O) groups excluding carboxylic acids is 2. The van der Waals surface area contributed by atoms with Crippen LogP contribution in [0.1, 0.15) is 12.8 Å². The zero-order valence-electron chi connectivity index (χ0n) is 13.0. The van der Waals surface area contributed by atoms with E-state index in [2.05, 4.69) is 27.9 Å². The number of halogens is 1. The molecule has 2 amide bonds. The van der Waals surface area contributed by atoms with Crippen LogP contribution in [0.2, 0.25) is 0 Å². The third kappa shape index (κ3) is 4.25. The molecule has 0 radical (unpaired) electrons. The van der Waals surface area contributed by atoms with E-state index in [0.29, 0.717) is 17.9 Å². The van der Waals surface area contributed by atoms with Gasteiger partial charge in [0.25, 0.3) is 5.91 Å². The summed E-state index contributed by atoms with van der Waals surface area (Å²) in [7, 11) is 0. The Hall–Kier alpha value is -2.09. The van der Waals surface area contributed by atoms with E-state index in [1.807, 2.05) is 36.4 Å². The molecule has 1 aliphatic heterocycles. The number of benzene rings is 2. The molecule has 1 saturated heterocycles. The Morgan fingerprint density at radius 2 is 2.00 bits per heavy atom. The standard InChI is InChI=1S/C18H17IN2O3/c19-13-3-1-4-16(11-13)24-12-17(22)20-14-6-8-15(9-7-14)21-10-2-5-18(21)23/h1,3-4,6-9,11H,2,5,10,12H2,(H,20,22). The lowest BCUT2D eigenvalue weighted by molar-refractivity contribution is -0.118. The molecule has 0 atom stereocenters. The number of nitrogens with one attached hydrogen (secondary N) is 1. The first kappa shape index (κ1) is 16.8. The Morgan fingerprint density at radius 3 is 2.67 bits per heavy atom.